The van der Waals surface area contributed by atoms with Crippen LogP contribution in [0.3, 0.4) is 0 Å². The Morgan fingerprint density at radius 3 is 2.68 bits per heavy atom. The molecule has 0 aliphatic heterocycles. The van der Waals surface area contributed by atoms with Crippen molar-refractivity contribution >= 4 is 33.5 Å². The molecule has 0 aromatic heterocycles. The van der Waals surface area contributed by atoms with Crippen LogP contribution in [0.2, 0.25) is 0 Å². The number of hydrogen-bond acceptors (Lipinski definition) is 3. The minimum absolute atomic E-state index is 0.0880. The van der Waals surface area contributed by atoms with Crippen molar-refractivity contribution in [1.82, 2.24) is 0 Å². The maximum atomic E-state index is 11.8. The summed E-state index contributed by atoms with van der Waals surface area (Å²) in [6.07, 6.45) is 2.21. The highest BCUT2D eigenvalue weighted by atomic mass is 79.9. The number of benzene rings is 1. The monoisotopic (exact) mass is 327 g/mol. The van der Waals surface area contributed by atoms with Crippen LogP contribution in [0.25, 0.3) is 0 Å². The normalized spacial score (nSPS) is 10.1. The van der Waals surface area contributed by atoms with Crippen molar-refractivity contribution in [3.8, 4) is 0 Å². The summed E-state index contributed by atoms with van der Waals surface area (Å²) in [6, 6.07) is 5.28. The molecule has 0 unspecified atom stereocenters. The first-order valence-electron chi connectivity index (χ1n) is 6.13. The fourth-order valence-corrected chi connectivity index (χ4v) is 2.04. The van der Waals surface area contributed by atoms with Gasteiger partial charge in [-0.1, -0.05) is 27.6 Å². The summed E-state index contributed by atoms with van der Waals surface area (Å²) < 4.78 is 4.72. The van der Waals surface area contributed by atoms with Gasteiger partial charge in [0.15, 0.2) is 0 Å². The second-order valence-electron chi connectivity index (χ2n) is 4.23. The van der Waals surface area contributed by atoms with Gasteiger partial charge in [-0.3, -0.25) is 4.79 Å². The van der Waals surface area contributed by atoms with Crippen LogP contribution in [-0.2, 0) is 9.53 Å². The van der Waals surface area contributed by atoms with Crippen LogP contribution in [0.5, 0.6) is 0 Å². The average molecular weight is 328 g/mol. The van der Waals surface area contributed by atoms with Gasteiger partial charge in [0.05, 0.1) is 18.4 Å². The van der Waals surface area contributed by atoms with E-state index in [2.05, 4.69) is 21.2 Å². The second kappa shape index (κ2) is 7.94. The number of carbonyl (C=O) groups is 2. The third-order valence-corrected chi connectivity index (χ3v) is 3.20. The van der Waals surface area contributed by atoms with Crippen LogP contribution >= 0.6 is 15.9 Å². The molecule has 1 rings (SSSR count). The molecule has 1 aromatic carbocycles. The van der Waals surface area contributed by atoms with Crippen LogP contribution in [0.15, 0.2) is 18.2 Å². The first-order chi connectivity index (χ1) is 9.08. The highest BCUT2D eigenvalue weighted by Gasteiger charge is 2.13. The zero-order valence-corrected chi connectivity index (χ0v) is 12.7. The fourth-order valence-electron chi connectivity index (χ4n) is 1.64. The predicted molar refractivity (Wildman–Crippen MR) is 78.8 cm³/mol. The van der Waals surface area contributed by atoms with Gasteiger partial charge < -0.3 is 10.1 Å². The highest BCUT2D eigenvalue weighted by Crippen LogP contribution is 2.19. The second-order valence-corrected chi connectivity index (χ2v) is 5.03. The Labute approximate surface area is 121 Å². The number of hydrogen-bond donors (Lipinski definition) is 1. The zero-order chi connectivity index (χ0) is 14.3. The van der Waals surface area contributed by atoms with Crippen molar-refractivity contribution in [2.75, 3.05) is 17.8 Å². The van der Waals surface area contributed by atoms with Gasteiger partial charge in [0, 0.05) is 11.8 Å². The Morgan fingerprint density at radius 1 is 1.32 bits per heavy atom. The Hall–Kier alpha value is -1.36. The summed E-state index contributed by atoms with van der Waals surface area (Å²) in [7, 11) is 1.33. The van der Waals surface area contributed by atoms with Gasteiger partial charge in [0.25, 0.3) is 0 Å². The molecule has 0 spiro atoms. The lowest BCUT2D eigenvalue weighted by Gasteiger charge is -2.10. The minimum atomic E-state index is -0.445. The molecule has 0 saturated heterocycles. The number of amides is 1. The number of anilines is 1. The minimum Gasteiger partial charge on any atom is -0.465 e. The molecular weight excluding hydrogens is 310 g/mol. The third kappa shape index (κ3) is 5.03. The molecule has 0 bridgehead atoms. The molecule has 19 heavy (non-hydrogen) atoms. The number of alkyl halides is 1. The van der Waals surface area contributed by atoms with Crippen molar-refractivity contribution in [3.63, 3.8) is 0 Å². The van der Waals surface area contributed by atoms with Crippen molar-refractivity contribution in [3.05, 3.63) is 29.3 Å². The number of esters is 1. The highest BCUT2D eigenvalue weighted by molar-refractivity contribution is 9.09. The van der Waals surface area contributed by atoms with Gasteiger partial charge >= 0.3 is 5.97 Å². The molecule has 1 amide bonds. The van der Waals surface area contributed by atoms with Crippen LogP contribution in [0.4, 0.5) is 5.69 Å². The SMILES string of the molecule is COC(=O)c1cc(C)ccc1NC(=O)CCCCBr. The van der Waals surface area contributed by atoms with E-state index in [1.807, 2.05) is 13.0 Å². The summed E-state index contributed by atoms with van der Waals surface area (Å²) in [6.45, 7) is 1.88. The molecule has 1 aromatic rings. The number of rotatable bonds is 6. The van der Waals surface area contributed by atoms with Crippen molar-refractivity contribution in [2.45, 2.75) is 26.2 Å². The van der Waals surface area contributed by atoms with Crippen molar-refractivity contribution in [1.29, 1.82) is 0 Å². The summed E-state index contributed by atoms with van der Waals surface area (Å²) in [5, 5.41) is 3.64. The zero-order valence-electron chi connectivity index (χ0n) is 11.2. The number of ether oxygens (including phenoxy) is 1. The molecule has 0 aliphatic carbocycles. The number of nitrogens with one attached hydrogen (secondary N) is 1. The number of carbonyl (C=O) groups excluding carboxylic acids is 2. The molecular formula is C14H18BrNO3. The van der Waals surface area contributed by atoms with E-state index >= 15 is 0 Å². The van der Waals surface area contributed by atoms with E-state index in [1.54, 1.807) is 12.1 Å². The standard InChI is InChI=1S/C14H18BrNO3/c1-10-6-7-12(11(9-10)14(18)19-2)16-13(17)5-3-4-8-15/h6-7,9H,3-5,8H2,1-2H3,(H,16,17). The molecule has 1 N–H and O–H groups in total. The molecule has 0 aliphatic rings. The summed E-state index contributed by atoms with van der Waals surface area (Å²) >= 11 is 3.32. The Bertz CT molecular complexity index is 460. The van der Waals surface area contributed by atoms with Gasteiger partial charge in [0.1, 0.15) is 0 Å². The van der Waals surface area contributed by atoms with E-state index < -0.39 is 5.97 Å². The maximum Gasteiger partial charge on any atom is 0.339 e. The molecule has 0 heterocycles. The predicted octanol–water partition coefficient (Wildman–Crippen LogP) is 3.29. The topological polar surface area (TPSA) is 55.4 Å². The summed E-state index contributed by atoms with van der Waals surface area (Å²) in [5.74, 6) is -0.533. The Morgan fingerprint density at radius 2 is 2.05 bits per heavy atom. The lowest BCUT2D eigenvalue weighted by molar-refractivity contribution is -0.116. The van der Waals surface area contributed by atoms with Crippen LogP contribution in [0.1, 0.15) is 35.2 Å². The fraction of sp³-hybridized carbons (Fsp3) is 0.429. The molecule has 5 heteroatoms. The van der Waals surface area contributed by atoms with Gasteiger partial charge in [-0.15, -0.1) is 0 Å². The Kier molecular flexibility index (Phi) is 6.56. The molecule has 0 radical (unpaired) electrons. The van der Waals surface area contributed by atoms with E-state index in [0.717, 1.165) is 23.7 Å². The molecule has 0 atom stereocenters. The summed E-state index contributed by atoms with van der Waals surface area (Å²) in [5.41, 5.74) is 1.83. The molecule has 0 fully saturated rings. The molecule has 104 valence electrons. The van der Waals surface area contributed by atoms with E-state index in [1.165, 1.54) is 7.11 Å². The van der Waals surface area contributed by atoms with Crippen molar-refractivity contribution < 1.29 is 14.3 Å². The number of aryl methyl sites for hydroxylation is 1. The van der Waals surface area contributed by atoms with Crippen molar-refractivity contribution in [2.24, 2.45) is 0 Å². The summed E-state index contributed by atoms with van der Waals surface area (Å²) in [4.78, 5) is 23.4. The van der Waals surface area contributed by atoms with E-state index in [9.17, 15) is 9.59 Å². The van der Waals surface area contributed by atoms with Gasteiger partial charge in [0.2, 0.25) is 5.91 Å². The lowest BCUT2D eigenvalue weighted by atomic mass is 10.1. The lowest BCUT2D eigenvalue weighted by Crippen LogP contribution is -2.15. The van der Waals surface area contributed by atoms with E-state index in [-0.39, 0.29) is 5.91 Å². The third-order valence-electron chi connectivity index (χ3n) is 2.64. The van der Waals surface area contributed by atoms with Crippen LogP contribution in [0, 0.1) is 6.92 Å². The first kappa shape index (κ1) is 15.7. The van der Waals surface area contributed by atoms with Gasteiger partial charge in [-0.2, -0.15) is 0 Å². The van der Waals surface area contributed by atoms with Gasteiger partial charge in [-0.25, -0.2) is 4.79 Å². The molecule has 0 saturated carbocycles. The van der Waals surface area contributed by atoms with E-state index in [4.69, 9.17) is 4.74 Å². The largest absolute Gasteiger partial charge is 0.465 e. The number of methoxy groups -OCH3 is 1. The first-order valence-corrected chi connectivity index (χ1v) is 7.25. The maximum absolute atomic E-state index is 11.8. The van der Waals surface area contributed by atoms with Crippen LogP contribution in [-0.4, -0.2) is 24.3 Å². The molecule has 4 nitrogen and oxygen atoms in total. The average Bonchev–Trinajstić information content (AvgIpc) is 2.40. The van der Waals surface area contributed by atoms with Crippen LogP contribution < -0.4 is 5.32 Å². The number of unbranched alkanes of at least 4 members (excludes halogenated alkanes) is 1. The van der Waals surface area contributed by atoms with Gasteiger partial charge in [-0.05, 0) is 31.9 Å². The Balaban J connectivity index is 2.77. The van der Waals surface area contributed by atoms with E-state index in [0.29, 0.717) is 17.7 Å². The smallest absolute Gasteiger partial charge is 0.339 e. The quantitative estimate of drug-likeness (QED) is 0.495. The number of halogens is 1.